The molecule has 1 aromatic rings. The standard InChI is InChI=1S/C12H17BrClNS/c1-15(8-12-9(13)6-7-16-12)11-5-3-2-4-10(11)14/h6-7,10-11H,2-5,8H2,1H3. The Morgan fingerprint density at radius 1 is 1.50 bits per heavy atom. The normalized spacial score (nSPS) is 26.2. The van der Waals surface area contributed by atoms with E-state index < -0.39 is 0 Å². The van der Waals surface area contributed by atoms with Gasteiger partial charge in [0, 0.05) is 27.3 Å². The molecule has 16 heavy (non-hydrogen) atoms. The number of nitrogens with zero attached hydrogens (tertiary/aromatic N) is 1. The van der Waals surface area contributed by atoms with Crippen molar-refractivity contribution in [3.63, 3.8) is 0 Å². The summed E-state index contributed by atoms with van der Waals surface area (Å²) in [7, 11) is 2.19. The van der Waals surface area contributed by atoms with E-state index in [1.54, 1.807) is 0 Å². The van der Waals surface area contributed by atoms with E-state index in [1.165, 1.54) is 35.0 Å². The van der Waals surface area contributed by atoms with Gasteiger partial charge in [-0.05, 0) is 47.3 Å². The SMILES string of the molecule is CN(Cc1sccc1Br)C1CCCCC1Cl. The Morgan fingerprint density at radius 3 is 2.88 bits per heavy atom. The van der Waals surface area contributed by atoms with Gasteiger partial charge in [-0.25, -0.2) is 0 Å². The third-order valence-electron chi connectivity index (χ3n) is 3.30. The summed E-state index contributed by atoms with van der Waals surface area (Å²) in [5.41, 5.74) is 0. The van der Waals surface area contributed by atoms with Gasteiger partial charge in [-0.15, -0.1) is 22.9 Å². The Labute approximate surface area is 115 Å². The van der Waals surface area contributed by atoms with Crippen LogP contribution in [0.5, 0.6) is 0 Å². The highest BCUT2D eigenvalue weighted by Gasteiger charge is 2.26. The maximum atomic E-state index is 6.41. The highest BCUT2D eigenvalue weighted by Crippen LogP contribution is 2.30. The Bertz CT molecular complexity index is 342. The van der Waals surface area contributed by atoms with Crippen molar-refractivity contribution >= 4 is 38.9 Å². The Balaban J connectivity index is 1.96. The van der Waals surface area contributed by atoms with Gasteiger partial charge in [0.15, 0.2) is 0 Å². The van der Waals surface area contributed by atoms with Gasteiger partial charge in [-0.2, -0.15) is 0 Å². The summed E-state index contributed by atoms with van der Waals surface area (Å²) in [6.07, 6.45) is 5.03. The predicted molar refractivity (Wildman–Crippen MR) is 75.4 cm³/mol. The third-order valence-corrected chi connectivity index (χ3v) is 5.72. The van der Waals surface area contributed by atoms with Crippen molar-refractivity contribution in [1.29, 1.82) is 0 Å². The molecule has 2 rings (SSSR count). The molecule has 1 aromatic heterocycles. The second-order valence-electron chi connectivity index (χ2n) is 4.47. The van der Waals surface area contributed by atoms with Crippen molar-refractivity contribution in [2.75, 3.05) is 7.05 Å². The van der Waals surface area contributed by atoms with Crippen LogP contribution >= 0.6 is 38.9 Å². The molecule has 1 aliphatic carbocycles. The smallest absolute Gasteiger partial charge is 0.0491 e. The average Bonchev–Trinajstić information content (AvgIpc) is 2.65. The van der Waals surface area contributed by atoms with E-state index >= 15 is 0 Å². The lowest BCUT2D eigenvalue weighted by Gasteiger charge is -2.34. The lowest BCUT2D eigenvalue weighted by molar-refractivity contribution is 0.189. The van der Waals surface area contributed by atoms with Crippen LogP contribution in [0.15, 0.2) is 15.9 Å². The molecule has 90 valence electrons. The van der Waals surface area contributed by atoms with Gasteiger partial charge in [0.05, 0.1) is 0 Å². The van der Waals surface area contributed by atoms with E-state index in [0.29, 0.717) is 11.4 Å². The van der Waals surface area contributed by atoms with Crippen LogP contribution in [-0.4, -0.2) is 23.4 Å². The van der Waals surface area contributed by atoms with E-state index in [0.717, 1.165) is 6.54 Å². The van der Waals surface area contributed by atoms with Crippen molar-refractivity contribution in [2.24, 2.45) is 0 Å². The van der Waals surface area contributed by atoms with Crippen LogP contribution in [-0.2, 0) is 6.54 Å². The molecular weight excluding hydrogens is 306 g/mol. The number of halogens is 2. The topological polar surface area (TPSA) is 3.24 Å². The Hall–Kier alpha value is 0.430. The molecule has 2 atom stereocenters. The molecule has 0 saturated heterocycles. The minimum absolute atomic E-state index is 0.331. The molecule has 1 nitrogen and oxygen atoms in total. The largest absolute Gasteiger partial charge is 0.297 e. The lowest BCUT2D eigenvalue weighted by Crippen LogP contribution is -2.40. The first-order valence-electron chi connectivity index (χ1n) is 5.74. The van der Waals surface area contributed by atoms with E-state index in [-0.39, 0.29) is 0 Å². The summed E-state index contributed by atoms with van der Waals surface area (Å²) in [5.74, 6) is 0. The predicted octanol–water partition coefficient (Wildman–Crippen LogP) is 4.49. The maximum Gasteiger partial charge on any atom is 0.0491 e. The van der Waals surface area contributed by atoms with Gasteiger partial charge >= 0.3 is 0 Å². The van der Waals surface area contributed by atoms with Crippen LogP contribution in [0.3, 0.4) is 0 Å². The minimum Gasteiger partial charge on any atom is -0.297 e. The van der Waals surface area contributed by atoms with Gasteiger partial charge in [0.25, 0.3) is 0 Å². The van der Waals surface area contributed by atoms with Crippen LogP contribution < -0.4 is 0 Å². The quantitative estimate of drug-likeness (QED) is 0.741. The lowest BCUT2D eigenvalue weighted by atomic mass is 9.94. The molecule has 1 aliphatic rings. The molecule has 0 amide bonds. The fourth-order valence-corrected chi connectivity index (χ4v) is 4.36. The molecule has 0 aromatic carbocycles. The summed E-state index contributed by atoms with van der Waals surface area (Å²) in [4.78, 5) is 3.81. The monoisotopic (exact) mass is 321 g/mol. The summed E-state index contributed by atoms with van der Waals surface area (Å²) < 4.78 is 1.23. The second kappa shape index (κ2) is 5.85. The molecule has 0 spiro atoms. The molecule has 1 saturated carbocycles. The first-order valence-corrected chi connectivity index (χ1v) is 7.85. The number of thiophene rings is 1. The van der Waals surface area contributed by atoms with Gasteiger partial charge < -0.3 is 0 Å². The number of alkyl halides is 1. The van der Waals surface area contributed by atoms with Crippen molar-refractivity contribution in [1.82, 2.24) is 4.90 Å². The second-order valence-corrected chi connectivity index (χ2v) is 6.89. The number of hydrogen-bond donors (Lipinski definition) is 0. The zero-order valence-corrected chi connectivity index (χ0v) is 12.6. The maximum absolute atomic E-state index is 6.41. The van der Waals surface area contributed by atoms with Crippen LogP contribution in [0.1, 0.15) is 30.6 Å². The molecule has 4 heteroatoms. The van der Waals surface area contributed by atoms with Gasteiger partial charge in [-0.3, -0.25) is 4.90 Å². The molecule has 0 radical (unpaired) electrons. The molecule has 1 fully saturated rings. The van der Waals surface area contributed by atoms with Gasteiger partial charge in [0.1, 0.15) is 0 Å². The molecule has 0 N–H and O–H groups in total. The summed E-state index contributed by atoms with van der Waals surface area (Å²) in [6, 6.07) is 2.66. The summed E-state index contributed by atoms with van der Waals surface area (Å²) in [6.45, 7) is 1.01. The summed E-state index contributed by atoms with van der Waals surface area (Å²) in [5, 5.41) is 2.46. The third kappa shape index (κ3) is 3.00. The number of hydrogen-bond acceptors (Lipinski definition) is 2. The molecular formula is C12H17BrClNS. The van der Waals surface area contributed by atoms with E-state index in [1.807, 2.05) is 11.3 Å². The highest BCUT2D eigenvalue weighted by atomic mass is 79.9. The highest BCUT2D eigenvalue weighted by molar-refractivity contribution is 9.10. The van der Waals surface area contributed by atoms with Crippen molar-refractivity contribution in [3.05, 3.63) is 20.8 Å². The first kappa shape index (κ1) is 12.9. The van der Waals surface area contributed by atoms with Crippen molar-refractivity contribution in [2.45, 2.75) is 43.6 Å². The fraction of sp³-hybridized carbons (Fsp3) is 0.667. The van der Waals surface area contributed by atoms with Gasteiger partial charge in [0.2, 0.25) is 0 Å². The fourth-order valence-electron chi connectivity index (χ4n) is 2.34. The van der Waals surface area contributed by atoms with E-state index in [2.05, 4.69) is 39.3 Å². The molecule has 0 bridgehead atoms. The Kier molecular flexibility index (Phi) is 4.71. The minimum atomic E-state index is 0.331. The number of rotatable bonds is 3. The Morgan fingerprint density at radius 2 is 2.25 bits per heavy atom. The molecule has 2 unspecified atom stereocenters. The van der Waals surface area contributed by atoms with Crippen LogP contribution in [0.2, 0.25) is 0 Å². The van der Waals surface area contributed by atoms with Crippen LogP contribution in [0, 0.1) is 0 Å². The molecule has 0 aliphatic heterocycles. The van der Waals surface area contributed by atoms with Crippen molar-refractivity contribution in [3.8, 4) is 0 Å². The zero-order chi connectivity index (χ0) is 11.5. The zero-order valence-electron chi connectivity index (χ0n) is 9.46. The van der Waals surface area contributed by atoms with Gasteiger partial charge in [-0.1, -0.05) is 12.8 Å². The van der Waals surface area contributed by atoms with Crippen LogP contribution in [0.25, 0.3) is 0 Å². The van der Waals surface area contributed by atoms with E-state index in [4.69, 9.17) is 11.6 Å². The summed E-state index contributed by atoms with van der Waals surface area (Å²) >= 11 is 11.8. The van der Waals surface area contributed by atoms with Crippen molar-refractivity contribution < 1.29 is 0 Å². The molecule has 1 heterocycles. The van der Waals surface area contributed by atoms with Crippen LogP contribution in [0.4, 0.5) is 0 Å². The van der Waals surface area contributed by atoms with E-state index in [9.17, 15) is 0 Å². The average molecular weight is 323 g/mol. The first-order chi connectivity index (χ1) is 7.68.